The smallest absolute Gasteiger partial charge is 0.326 e. The van der Waals surface area contributed by atoms with Gasteiger partial charge in [0.05, 0.1) is 5.56 Å². The van der Waals surface area contributed by atoms with Gasteiger partial charge >= 0.3 is 6.18 Å². The van der Waals surface area contributed by atoms with Crippen molar-refractivity contribution in [1.29, 1.82) is 0 Å². The zero-order valence-electron chi connectivity index (χ0n) is 10.1. The van der Waals surface area contributed by atoms with Crippen LogP contribution in [0.5, 0.6) is 0 Å². The average molecular weight is 304 g/mol. The molecule has 0 aliphatic rings. The van der Waals surface area contributed by atoms with Gasteiger partial charge in [0.1, 0.15) is 5.82 Å². The molecule has 0 saturated carbocycles. The van der Waals surface area contributed by atoms with Crippen LogP contribution >= 0.6 is 11.6 Å². The minimum absolute atomic E-state index is 0.0517. The molecule has 0 saturated heterocycles. The van der Waals surface area contributed by atoms with Gasteiger partial charge in [-0.15, -0.1) is 0 Å². The van der Waals surface area contributed by atoms with Crippen LogP contribution in [0.25, 0.3) is 11.1 Å². The zero-order valence-corrected chi connectivity index (χ0v) is 10.9. The first kappa shape index (κ1) is 14.8. The summed E-state index contributed by atoms with van der Waals surface area (Å²) in [6.45, 7) is -0.0517. The molecule has 0 fully saturated rings. The van der Waals surface area contributed by atoms with Gasteiger partial charge in [-0.2, -0.15) is 13.2 Å². The van der Waals surface area contributed by atoms with Crippen LogP contribution in [-0.4, -0.2) is 0 Å². The van der Waals surface area contributed by atoms with Crippen LogP contribution in [0.15, 0.2) is 36.4 Å². The van der Waals surface area contributed by atoms with Crippen LogP contribution in [0.3, 0.4) is 0 Å². The van der Waals surface area contributed by atoms with Gasteiger partial charge in [-0.05, 0) is 47.5 Å². The Morgan fingerprint density at radius 1 is 1.05 bits per heavy atom. The number of halogens is 5. The Labute approximate surface area is 118 Å². The molecule has 0 unspecified atom stereocenters. The Balaban J connectivity index is 2.64. The summed E-state index contributed by atoms with van der Waals surface area (Å²) in [6, 6.07) is 6.91. The summed E-state index contributed by atoms with van der Waals surface area (Å²) in [4.78, 5) is 0. The number of rotatable bonds is 2. The fourth-order valence-electron chi connectivity index (χ4n) is 1.85. The lowest BCUT2D eigenvalue weighted by molar-refractivity contribution is -0.137. The molecule has 0 heterocycles. The van der Waals surface area contributed by atoms with Crippen LogP contribution in [0, 0.1) is 5.82 Å². The van der Waals surface area contributed by atoms with E-state index in [2.05, 4.69) is 0 Å². The Kier molecular flexibility index (Phi) is 4.01. The van der Waals surface area contributed by atoms with E-state index in [1.54, 1.807) is 0 Å². The lowest BCUT2D eigenvalue weighted by Gasteiger charge is -2.12. The van der Waals surface area contributed by atoms with Gasteiger partial charge in [0.15, 0.2) is 0 Å². The van der Waals surface area contributed by atoms with Gasteiger partial charge in [0.25, 0.3) is 0 Å². The predicted octanol–water partition coefficient (Wildman–Crippen LogP) is 4.62. The van der Waals surface area contributed by atoms with Gasteiger partial charge in [0, 0.05) is 17.1 Å². The second-order valence-corrected chi connectivity index (χ2v) is 4.65. The summed E-state index contributed by atoms with van der Waals surface area (Å²) in [6.07, 6.45) is -4.50. The van der Waals surface area contributed by atoms with Crippen molar-refractivity contribution in [2.45, 2.75) is 12.7 Å². The summed E-state index contributed by atoms with van der Waals surface area (Å²) in [7, 11) is 0. The molecule has 2 rings (SSSR count). The number of alkyl halides is 3. The number of hydrogen-bond donors (Lipinski definition) is 1. The summed E-state index contributed by atoms with van der Waals surface area (Å²) < 4.78 is 51.7. The van der Waals surface area contributed by atoms with Crippen LogP contribution in [0.4, 0.5) is 17.6 Å². The van der Waals surface area contributed by atoms with E-state index in [1.807, 2.05) is 0 Å². The standard InChI is InChI=1S/C14H10ClF4N/c15-13-2-1-11(16)6-12(13)9-3-8(7-20)4-10(5-9)14(17,18)19/h1-6H,7,20H2. The Morgan fingerprint density at radius 3 is 2.35 bits per heavy atom. The largest absolute Gasteiger partial charge is 0.416 e. The molecule has 0 spiro atoms. The van der Waals surface area contributed by atoms with E-state index in [0.29, 0.717) is 5.56 Å². The Bertz CT molecular complexity index is 638. The number of benzene rings is 2. The van der Waals surface area contributed by atoms with Crippen molar-refractivity contribution in [1.82, 2.24) is 0 Å². The molecular weight excluding hydrogens is 294 g/mol. The predicted molar refractivity (Wildman–Crippen MR) is 69.7 cm³/mol. The minimum atomic E-state index is -4.50. The maximum absolute atomic E-state index is 13.2. The quantitative estimate of drug-likeness (QED) is 0.805. The topological polar surface area (TPSA) is 26.0 Å². The Morgan fingerprint density at radius 2 is 1.75 bits per heavy atom. The first-order chi connectivity index (χ1) is 9.31. The van der Waals surface area contributed by atoms with E-state index < -0.39 is 17.6 Å². The van der Waals surface area contributed by atoms with E-state index in [9.17, 15) is 17.6 Å². The molecule has 2 N–H and O–H groups in total. The average Bonchev–Trinajstić information content (AvgIpc) is 2.40. The molecule has 0 aliphatic heterocycles. The normalized spacial score (nSPS) is 11.7. The Hall–Kier alpha value is -1.59. The van der Waals surface area contributed by atoms with Crippen molar-refractivity contribution in [3.05, 3.63) is 58.4 Å². The summed E-state index contributed by atoms with van der Waals surface area (Å²) >= 11 is 5.91. The fraction of sp³-hybridized carbons (Fsp3) is 0.143. The second kappa shape index (κ2) is 5.42. The summed E-state index contributed by atoms with van der Waals surface area (Å²) in [5.41, 5.74) is 5.25. The van der Waals surface area contributed by atoms with Crippen LogP contribution in [0.2, 0.25) is 5.02 Å². The monoisotopic (exact) mass is 303 g/mol. The van der Waals surface area contributed by atoms with E-state index in [1.165, 1.54) is 12.1 Å². The third kappa shape index (κ3) is 3.11. The van der Waals surface area contributed by atoms with E-state index in [4.69, 9.17) is 17.3 Å². The molecule has 0 aromatic heterocycles. The molecule has 0 atom stereocenters. The number of nitrogens with two attached hydrogens (primary N) is 1. The highest BCUT2D eigenvalue weighted by atomic mass is 35.5. The fourth-order valence-corrected chi connectivity index (χ4v) is 2.07. The first-order valence-electron chi connectivity index (χ1n) is 5.68. The van der Waals surface area contributed by atoms with Crippen molar-refractivity contribution >= 4 is 11.6 Å². The van der Waals surface area contributed by atoms with Crippen molar-refractivity contribution in [3.63, 3.8) is 0 Å². The first-order valence-corrected chi connectivity index (χ1v) is 6.05. The van der Waals surface area contributed by atoms with E-state index in [-0.39, 0.29) is 22.7 Å². The van der Waals surface area contributed by atoms with Crippen LogP contribution in [-0.2, 0) is 12.7 Å². The van der Waals surface area contributed by atoms with Gasteiger partial charge in [-0.1, -0.05) is 11.6 Å². The molecule has 0 aliphatic carbocycles. The lowest BCUT2D eigenvalue weighted by atomic mass is 9.99. The molecule has 1 nitrogen and oxygen atoms in total. The lowest BCUT2D eigenvalue weighted by Crippen LogP contribution is -2.07. The van der Waals surface area contributed by atoms with Gasteiger partial charge in [0.2, 0.25) is 0 Å². The highest BCUT2D eigenvalue weighted by Crippen LogP contribution is 2.35. The third-order valence-electron chi connectivity index (χ3n) is 2.80. The zero-order chi connectivity index (χ0) is 14.9. The highest BCUT2D eigenvalue weighted by Gasteiger charge is 2.31. The molecule has 106 valence electrons. The highest BCUT2D eigenvalue weighted by molar-refractivity contribution is 6.33. The molecule has 6 heteroatoms. The van der Waals surface area contributed by atoms with Crippen LogP contribution in [0.1, 0.15) is 11.1 Å². The van der Waals surface area contributed by atoms with Gasteiger partial charge in [-0.3, -0.25) is 0 Å². The van der Waals surface area contributed by atoms with Crippen molar-refractivity contribution in [2.24, 2.45) is 5.73 Å². The van der Waals surface area contributed by atoms with Crippen molar-refractivity contribution in [2.75, 3.05) is 0 Å². The molecule has 20 heavy (non-hydrogen) atoms. The van der Waals surface area contributed by atoms with Crippen LogP contribution < -0.4 is 5.73 Å². The molecule has 0 amide bonds. The summed E-state index contributed by atoms with van der Waals surface area (Å²) in [5, 5.41) is 0.175. The molecule has 2 aromatic carbocycles. The molecular formula is C14H10ClF4N. The van der Waals surface area contributed by atoms with E-state index >= 15 is 0 Å². The minimum Gasteiger partial charge on any atom is -0.326 e. The molecule has 0 radical (unpaired) electrons. The van der Waals surface area contributed by atoms with E-state index in [0.717, 1.165) is 24.3 Å². The van der Waals surface area contributed by atoms with Gasteiger partial charge < -0.3 is 5.73 Å². The molecule has 2 aromatic rings. The van der Waals surface area contributed by atoms with Crippen molar-refractivity contribution < 1.29 is 17.6 Å². The maximum Gasteiger partial charge on any atom is 0.416 e. The third-order valence-corrected chi connectivity index (χ3v) is 3.12. The van der Waals surface area contributed by atoms with Crippen molar-refractivity contribution in [3.8, 4) is 11.1 Å². The molecule has 0 bridgehead atoms. The SMILES string of the molecule is NCc1cc(-c2cc(F)ccc2Cl)cc(C(F)(F)F)c1. The summed E-state index contributed by atoms with van der Waals surface area (Å²) in [5.74, 6) is -0.573. The number of hydrogen-bond acceptors (Lipinski definition) is 1. The maximum atomic E-state index is 13.2. The van der Waals surface area contributed by atoms with Gasteiger partial charge in [-0.25, -0.2) is 4.39 Å². The second-order valence-electron chi connectivity index (χ2n) is 4.24.